The molecule has 0 aliphatic carbocycles. The Morgan fingerprint density at radius 3 is 2.52 bits per heavy atom. The third kappa shape index (κ3) is 4.12. The molecule has 0 aromatic heterocycles. The second-order valence-corrected chi connectivity index (χ2v) is 5.36. The highest BCUT2D eigenvalue weighted by Gasteiger charge is 2.13. The van der Waals surface area contributed by atoms with E-state index in [1.54, 1.807) is 12.1 Å². The van der Waals surface area contributed by atoms with Crippen LogP contribution in [-0.2, 0) is 0 Å². The summed E-state index contributed by atoms with van der Waals surface area (Å²) >= 11 is 11.8. The molecule has 0 saturated carbocycles. The van der Waals surface area contributed by atoms with Crippen LogP contribution in [0.25, 0.3) is 0 Å². The minimum Gasteiger partial charge on any atom is -0.495 e. The zero-order chi connectivity index (χ0) is 17.0. The smallest absolute Gasteiger partial charge is 0.288 e. The van der Waals surface area contributed by atoms with Crippen molar-refractivity contribution in [1.82, 2.24) is 0 Å². The lowest BCUT2D eigenvalue weighted by molar-refractivity contribution is -0.384. The molecule has 120 valence electrons. The molecular formula is C15H12Cl2N2O4. The molecule has 0 radical (unpaired) electrons. The largest absolute Gasteiger partial charge is 0.495 e. The summed E-state index contributed by atoms with van der Waals surface area (Å²) in [6, 6.07) is 8.90. The Labute approximate surface area is 142 Å². The van der Waals surface area contributed by atoms with E-state index >= 15 is 0 Å². The Morgan fingerprint density at radius 1 is 1.22 bits per heavy atom. The highest BCUT2D eigenvalue weighted by Crippen LogP contribution is 2.27. The minimum atomic E-state index is -0.573. The van der Waals surface area contributed by atoms with Crippen molar-refractivity contribution in [2.24, 2.45) is 0 Å². The van der Waals surface area contributed by atoms with E-state index in [1.807, 2.05) is 0 Å². The van der Waals surface area contributed by atoms with Gasteiger partial charge < -0.3 is 10.1 Å². The monoisotopic (exact) mass is 354 g/mol. The third-order valence-electron chi connectivity index (χ3n) is 3.07. The van der Waals surface area contributed by atoms with Crippen LogP contribution in [0.4, 0.5) is 11.4 Å². The summed E-state index contributed by atoms with van der Waals surface area (Å²) in [6.07, 6.45) is 0. The van der Waals surface area contributed by atoms with E-state index < -0.39 is 4.92 Å². The fraction of sp³-hybridized carbons (Fsp3) is 0.133. The molecule has 0 aliphatic rings. The van der Waals surface area contributed by atoms with E-state index in [9.17, 15) is 14.9 Å². The molecule has 2 aromatic rings. The zero-order valence-corrected chi connectivity index (χ0v) is 13.5. The van der Waals surface area contributed by atoms with E-state index in [0.717, 1.165) is 0 Å². The van der Waals surface area contributed by atoms with Crippen LogP contribution in [-0.4, -0.2) is 24.4 Å². The number of rotatable bonds is 6. The lowest BCUT2D eigenvalue weighted by atomic mass is 10.1. The molecule has 0 amide bonds. The molecule has 0 heterocycles. The van der Waals surface area contributed by atoms with Crippen molar-refractivity contribution in [2.45, 2.75) is 0 Å². The maximum absolute atomic E-state index is 12.1. The number of nitro benzene ring substituents is 1. The molecule has 0 unspecified atom stereocenters. The molecule has 8 heteroatoms. The van der Waals surface area contributed by atoms with Crippen LogP contribution in [0.1, 0.15) is 10.4 Å². The predicted octanol–water partition coefficient (Wildman–Crippen LogP) is 4.21. The molecule has 1 N–H and O–H groups in total. The van der Waals surface area contributed by atoms with E-state index in [0.29, 0.717) is 22.0 Å². The summed E-state index contributed by atoms with van der Waals surface area (Å²) < 4.78 is 5.02. The molecule has 0 spiro atoms. The Hall–Kier alpha value is -2.31. The fourth-order valence-corrected chi connectivity index (χ4v) is 2.40. The Bertz CT molecular complexity index is 765. The normalized spacial score (nSPS) is 10.2. The molecule has 0 bridgehead atoms. The van der Waals surface area contributed by atoms with Crippen molar-refractivity contribution < 1.29 is 14.5 Å². The highest BCUT2D eigenvalue weighted by atomic mass is 35.5. The van der Waals surface area contributed by atoms with Crippen LogP contribution in [0, 0.1) is 10.1 Å². The van der Waals surface area contributed by atoms with Gasteiger partial charge in [0.15, 0.2) is 5.78 Å². The van der Waals surface area contributed by atoms with Gasteiger partial charge in [0.1, 0.15) is 10.8 Å². The summed E-state index contributed by atoms with van der Waals surface area (Å²) in [6.45, 7) is -0.00318. The maximum Gasteiger partial charge on any atom is 0.288 e. The van der Waals surface area contributed by atoms with E-state index in [2.05, 4.69) is 5.32 Å². The Balaban J connectivity index is 2.06. The van der Waals surface area contributed by atoms with Gasteiger partial charge in [-0.1, -0.05) is 23.2 Å². The van der Waals surface area contributed by atoms with Gasteiger partial charge in [0.25, 0.3) is 5.69 Å². The predicted molar refractivity (Wildman–Crippen MR) is 88.9 cm³/mol. The van der Waals surface area contributed by atoms with Gasteiger partial charge in [-0.2, -0.15) is 0 Å². The number of halogens is 2. The van der Waals surface area contributed by atoms with Crippen molar-refractivity contribution in [2.75, 3.05) is 19.0 Å². The summed E-state index contributed by atoms with van der Waals surface area (Å²) in [5.41, 5.74) is 0.746. The van der Waals surface area contributed by atoms with Crippen molar-refractivity contribution in [3.05, 3.63) is 62.1 Å². The molecule has 0 fully saturated rings. The maximum atomic E-state index is 12.1. The van der Waals surface area contributed by atoms with Crippen molar-refractivity contribution in [1.29, 1.82) is 0 Å². The van der Waals surface area contributed by atoms with E-state index in [-0.39, 0.29) is 23.0 Å². The average molecular weight is 355 g/mol. The van der Waals surface area contributed by atoms with Gasteiger partial charge in [-0.15, -0.1) is 0 Å². The number of anilines is 1. The zero-order valence-electron chi connectivity index (χ0n) is 12.0. The average Bonchev–Trinajstić information content (AvgIpc) is 2.52. The van der Waals surface area contributed by atoms with Gasteiger partial charge >= 0.3 is 0 Å². The minimum absolute atomic E-state index is 0.0000547. The Kier molecular flexibility index (Phi) is 5.41. The number of Topliss-reactive ketones (excluding diaryl/α,β-unsaturated/α-hetero) is 1. The van der Waals surface area contributed by atoms with Crippen LogP contribution in [0.15, 0.2) is 36.4 Å². The van der Waals surface area contributed by atoms with E-state index in [4.69, 9.17) is 27.9 Å². The number of carbonyl (C=O) groups excluding carboxylic acids is 1. The van der Waals surface area contributed by atoms with Gasteiger partial charge in [-0.05, 0) is 30.3 Å². The molecule has 0 aliphatic heterocycles. The number of nitrogens with zero attached hydrogens (tertiary/aromatic N) is 1. The number of ether oxygens (including phenoxy) is 1. The summed E-state index contributed by atoms with van der Waals surface area (Å²) in [4.78, 5) is 22.2. The number of nitro groups is 1. The topological polar surface area (TPSA) is 81.5 Å². The number of hydrogen-bond donors (Lipinski definition) is 1. The molecular weight excluding hydrogens is 343 g/mol. The van der Waals surface area contributed by atoms with Crippen molar-refractivity contribution >= 4 is 40.4 Å². The first-order valence-electron chi connectivity index (χ1n) is 6.47. The molecule has 0 atom stereocenters. The van der Waals surface area contributed by atoms with Gasteiger partial charge in [0.05, 0.1) is 23.6 Å². The van der Waals surface area contributed by atoms with Gasteiger partial charge in [0.2, 0.25) is 0 Å². The van der Waals surface area contributed by atoms with Gasteiger partial charge in [-0.25, -0.2) is 0 Å². The van der Waals surface area contributed by atoms with Gasteiger partial charge in [-0.3, -0.25) is 14.9 Å². The number of hydrogen-bond acceptors (Lipinski definition) is 5. The molecule has 0 saturated heterocycles. The quantitative estimate of drug-likeness (QED) is 0.477. The van der Waals surface area contributed by atoms with Crippen molar-refractivity contribution in [3.8, 4) is 5.75 Å². The standard InChI is InChI=1S/C15H12Cl2N2O4/c1-23-15-5-2-9(6-12(15)17)14(20)8-18-10-3-4-13(19(21)22)11(16)7-10/h2-7,18H,8H2,1H3. The van der Waals surface area contributed by atoms with Gasteiger partial charge in [0, 0.05) is 17.3 Å². The van der Waals surface area contributed by atoms with Crippen LogP contribution in [0.2, 0.25) is 10.0 Å². The molecule has 6 nitrogen and oxygen atoms in total. The number of carbonyl (C=O) groups is 1. The number of benzene rings is 2. The highest BCUT2D eigenvalue weighted by molar-refractivity contribution is 6.33. The van der Waals surface area contributed by atoms with E-state index in [1.165, 1.54) is 31.4 Å². The van der Waals surface area contributed by atoms with Crippen LogP contribution >= 0.6 is 23.2 Å². The first-order valence-corrected chi connectivity index (χ1v) is 7.22. The third-order valence-corrected chi connectivity index (χ3v) is 3.67. The molecule has 2 rings (SSSR count). The summed E-state index contributed by atoms with van der Waals surface area (Å²) in [5, 5.41) is 13.9. The van der Waals surface area contributed by atoms with Crippen LogP contribution < -0.4 is 10.1 Å². The number of methoxy groups -OCH3 is 1. The fourth-order valence-electron chi connectivity index (χ4n) is 1.89. The SMILES string of the molecule is COc1ccc(C(=O)CNc2ccc([N+](=O)[O-])c(Cl)c2)cc1Cl. The second-order valence-electron chi connectivity index (χ2n) is 4.55. The molecule has 2 aromatic carbocycles. The second kappa shape index (κ2) is 7.30. The van der Waals surface area contributed by atoms with Crippen molar-refractivity contribution in [3.63, 3.8) is 0 Å². The summed E-state index contributed by atoms with van der Waals surface area (Å²) in [7, 11) is 1.49. The van der Waals surface area contributed by atoms with Crippen LogP contribution in [0.3, 0.4) is 0 Å². The lowest BCUT2D eigenvalue weighted by Crippen LogP contribution is -2.14. The first kappa shape index (κ1) is 17.1. The van der Waals surface area contributed by atoms with Crippen LogP contribution in [0.5, 0.6) is 5.75 Å². The lowest BCUT2D eigenvalue weighted by Gasteiger charge is -2.08. The number of nitrogens with one attached hydrogen (secondary N) is 1. The first-order chi connectivity index (χ1) is 10.9. The Morgan fingerprint density at radius 2 is 1.96 bits per heavy atom. The molecule has 23 heavy (non-hydrogen) atoms. The number of ketones is 1. The summed E-state index contributed by atoms with van der Waals surface area (Å²) in [5.74, 6) is 0.294.